The van der Waals surface area contributed by atoms with E-state index in [0.717, 1.165) is 19.3 Å². The van der Waals surface area contributed by atoms with E-state index in [4.69, 9.17) is 5.11 Å². The van der Waals surface area contributed by atoms with Crippen LogP contribution in [0.2, 0.25) is 0 Å². The number of aliphatic hydroxyl groups is 1. The molecule has 0 aliphatic carbocycles. The van der Waals surface area contributed by atoms with Gasteiger partial charge in [0.05, 0.1) is 4.92 Å². The molecular formula is C16H20N2O4. The van der Waals surface area contributed by atoms with Crippen molar-refractivity contribution in [1.82, 2.24) is 4.90 Å². The van der Waals surface area contributed by atoms with Gasteiger partial charge < -0.3 is 10.0 Å². The number of hydrogen-bond donors (Lipinski definition) is 1. The third-order valence-corrected chi connectivity index (χ3v) is 3.87. The molecule has 1 heterocycles. The number of carbonyl (C=O) groups excluding carboxylic acids is 1. The maximum atomic E-state index is 12.3. The van der Waals surface area contributed by atoms with Crippen molar-refractivity contribution in [2.75, 3.05) is 13.2 Å². The molecule has 0 radical (unpaired) electrons. The number of aliphatic hydroxyl groups excluding tert-OH is 1. The van der Waals surface area contributed by atoms with Gasteiger partial charge >= 0.3 is 0 Å². The first-order valence-electron chi connectivity index (χ1n) is 7.46. The molecule has 2 rings (SSSR count). The van der Waals surface area contributed by atoms with Crippen molar-refractivity contribution in [3.05, 3.63) is 46.0 Å². The SMILES string of the molecule is O=C(/C=C/c1cccc([N+](=O)[O-])c1)N1CCCCC1CCO. The van der Waals surface area contributed by atoms with Gasteiger partial charge in [-0.25, -0.2) is 0 Å². The van der Waals surface area contributed by atoms with Gasteiger partial charge in [0.1, 0.15) is 0 Å². The zero-order chi connectivity index (χ0) is 15.9. The normalized spacial score (nSPS) is 18.6. The van der Waals surface area contributed by atoms with Crippen molar-refractivity contribution in [3.8, 4) is 0 Å². The summed E-state index contributed by atoms with van der Waals surface area (Å²) in [6.07, 6.45) is 6.60. The van der Waals surface area contributed by atoms with Crippen molar-refractivity contribution >= 4 is 17.7 Å². The van der Waals surface area contributed by atoms with Crippen molar-refractivity contribution in [1.29, 1.82) is 0 Å². The Morgan fingerprint density at radius 3 is 3.00 bits per heavy atom. The molecule has 1 saturated heterocycles. The molecule has 1 aliphatic rings. The lowest BCUT2D eigenvalue weighted by atomic mass is 9.99. The number of carbonyl (C=O) groups is 1. The summed E-state index contributed by atoms with van der Waals surface area (Å²) in [4.78, 5) is 24.4. The Labute approximate surface area is 129 Å². The largest absolute Gasteiger partial charge is 0.396 e. The Kier molecular flexibility index (Phi) is 5.66. The molecule has 1 aliphatic heterocycles. The van der Waals surface area contributed by atoms with Crippen LogP contribution < -0.4 is 0 Å². The van der Waals surface area contributed by atoms with Crippen LogP contribution in [0.4, 0.5) is 5.69 Å². The number of nitro groups is 1. The second kappa shape index (κ2) is 7.70. The van der Waals surface area contributed by atoms with Crippen LogP contribution in [0.25, 0.3) is 6.08 Å². The van der Waals surface area contributed by atoms with E-state index in [0.29, 0.717) is 18.5 Å². The zero-order valence-corrected chi connectivity index (χ0v) is 12.4. The third kappa shape index (κ3) is 4.14. The predicted octanol–water partition coefficient (Wildman–Crippen LogP) is 2.37. The Hall–Kier alpha value is -2.21. The Morgan fingerprint density at radius 2 is 2.27 bits per heavy atom. The summed E-state index contributed by atoms with van der Waals surface area (Å²) >= 11 is 0. The second-order valence-electron chi connectivity index (χ2n) is 5.38. The number of rotatable bonds is 5. The van der Waals surface area contributed by atoms with E-state index in [9.17, 15) is 14.9 Å². The summed E-state index contributed by atoms with van der Waals surface area (Å²) in [5, 5.41) is 19.8. The molecule has 22 heavy (non-hydrogen) atoms. The monoisotopic (exact) mass is 304 g/mol. The van der Waals surface area contributed by atoms with Gasteiger partial charge in [-0.05, 0) is 37.3 Å². The molecule has 1 atom stereocenters. The van der Waals surface area contributed by atoms with Crippen LogP contribution in [-0.4, -0.2) is 40.0 Å². The molecule has 1 fully saturated rings. The number of likely N-dealkylation sites (tertiary alicyclic amines) is 1. The van der Waals surface area contributed by atoms with E-state index in [1.807, 2.05) is 0 Å². The fourth-order valence-electron chi connectivity index (χ4n) is 2.75. The van der Waals surface area contributed by atoms with Gasteiger partial charge in [0, 0.05) is 37.4 Å². The standard InChI is InChI=1S/C16H20N2O4/c19-11-9-14-5-1-2-10-17(14)16(20)8-7-13-4-3-6-15(12-13)18(21)22/h3-4,6-8,12,14,19H,1-2,5,9-11H2/b8-7+. The van der Waals surface area contributed by atoms with Crippen LogP contribution in [0.5, 0.6) is 0 Å². The van der Waals surface area contributed by atoms with Gasteiger partial charge in [-0.15, -0.1) is 0 Å². The average molecular weight is 304 g/mol. The Morgan fingerprint density at radius 1 is 1.45 bits per heavy atom. The lowest BCUT2D eigenvalue weighted by molar-refractivity contribution is -0.384. The molecule has 1 amide bonds. The van der Waals surface area contributed by atoms with Crippen LogP contribution >= 0.6 is 0 Å². The van der Waals surface area contributed by atoms with Gasteiger partial charge in [-0.3, -0.25) is 14.9 Å². The highest BCUT2D eigenvalue weighted by atomic mass is 16.6. The quantitative estimate of drug-likeness (QED) is 0.514. The molecule has 0 aromatic heterocycles. The first-order chi connectivity index (χ1) is 10.6. The number of amides is 1. The number of benzene rings is 1. The minimum atomic E-state index is -0.457. The number of piperidine rings is 1. The van der Waals surface area contributed by atoms with Crippen LogP contribution in [-0.2, 0) is 4.79 Å². The number of hydrogen-bond acceptors (Lipinski definition) is 4. The Balaban J connectivity index is 2.06. The smallest absolute Gasteiger partial charge is 0.270 e. The van der Waals surface area contributed by atoms with E-state index in [1.165, 1.54) is 18.2 Å². The van der Waals surface area contributed by atoms with E-state index < -0.39 is 4.92 Å². The fraction of sp³-hybridized carbons (Fsp3) is 0.438. The summed E-state index contributed by atoms with van der Waals surface area (Å²) in [6, 6.07) is 6.25. The number of nitro benzene ring substituents is 1. The summed E-state index contributed by atoms with van der Waals surface area (Å²) in [5.74, 6) is -0.107. The lowest BCUT2D eigenvalue weighted by Gasteiger charge is -2.34. The highest BCUT2D eigenvalue weighted by Crippen LogP contribution is 2.20. The van der Waals surface area contributed by atoms with E-state index in [2.05, 4.69) is 0 Å². The van der Waals surface area contributed by atoms with E-state index >= 15 is 0 Å². The van der Waals surface area contributed by atoms with Crippen molar-refractivity contribution in [2.24, 2.45) is 0 Å². The van der Waals surface area contributed by atoms with Crippen molar-refractivity contribution in [2.45, 2.75) is 31.7 Å². The molecule has 1 aromatic carbocycles. The molecule has 0 saturated carbocycles. The first-order valence-corrected chi connectivity index (χ1v) is 7.46. The molecular weight excluding hydrogens is 284 g/mol. The third-order valence-electron chi connectivity index (χ3n) is 3.87. The predicted molar refractivity (Wildman–Crippen MR) is 83.2 cm³/mol. The summed E-state index contributed by atoms with van der Waals surface area (Å²) in [6.45, 7) is 0.770. The van der Waals surface area contributed by atoms with Gasteiger partial charge in [0.15, 0.2) is 0 Å². The minimum absolute atomic E-state index is 0.00530. The van der Waals surface area contributed by atoms with Gasteiger partial charge in [-0.2, -0.15) is 0 Å². The maximum absolute atomic E-state index is 12.3. The molecule has 1 aromatic rings. The molecule has 1 N–H and O–H groups in total. The Bertz CT molecular complexity index is 569. The van der Waals surface area contributed by atoms with Gasteiger partial charge in [0.25, 0.3) is 5.69 Å². The topological polar surface area (TPSA) is 83.7 Å². The molecule has 1 unspecified atom stereocenters. The maximum Gasteiger partial charge on any atom is 0.270 e. The second-order valence-corrected chi connectivity index (χ2v) is 5.38. The fourth-order valence-corrected chi connectivity index (χ4v) is 2.75. The van der Waals surface area contributed by atoms with Gasteiger partial charge in [-0.1, -0.05) is 12.1 Å². The van der Waals surface area contributed by atoms with Crippen molar-refractivity contribution < 1.29 is 14.8 Å². The molecule has 118 valence electrons. The van der Waals surface area contributed by atoms with E-state index in [-0.39, 0.29) is 24.2 Å². The van der Waals surface area contributed by atoms with Crippen LogP contribution in [0.15, 0.2) is 30.3 Å². The van der Waals surface area contributed by atoms with Crippen LogP contribution in [0, 0.1) is 10.1 Å². The number of nitrogens with zero attached hydrogens (tertiary/aromatic N) is 2. The summed E-state index contributed by atoms with van der Waals surface area (Å²) in [7, 11) is 0. The molecule has 0 spiro atoms. The first kappa shape index (κ1) is 16.2. The summed E-state index contributed by atoms with van der Waals surface area (Å²) < 4.78 is 0. The van der Waals surface area contributed by atoms with Crippen LogP contribution in [0.3, 0.4) is 0 Å². The van der Waals surface area contributed by atoms with E-state index in [1.54, 1.807) is 23.1 Å². The van der Waals surface area contributed by atoms with Crippen LogP contribution in [0.1, 0.15) is 31.2 Å². The zero-order valence-electron chi connectivity index (χ0n) is 12.4. The molecule has 0 bridgehead atoms. The van der Waals surface area contributed by atoms with Gasteiger partial charge in [0.2, 0.25) is 5.91 Å². The lowest BCUT2D eigenvalue weighted by Crippen LogP contribution is -2.43. The average Bonchev–Trinajstić information content (AvgIpc) is 2.53. The van der Waals surface area contributed by atoms with Crippen molar-refractivity contribution in [3.63, 3.8) is 0 Å². The minimum Gasteiger partial charge on any atom is -0.396 e. The molecule has 6 nitrogen and oxygen atoms in total. The highest BCUT2D eigenvalue weighted by molar-refractivity contribution is 5.92. The highest BCUT2D eigenvalue weighted by Gasteiger charge is 2.24. The summed E-state index contributed by atoms with van der Waals surface area (Å²) in [5.41, 5.74) is 0.629. The number of non-ortho nitro benzene ring substituents is 1. The molecule has 6 heteroatoms.